The molecule has 3 aromatic rings. The van der Waals surface area contributed by atoms with Crippen LogP contribution in [0, 0.1) is 6.92 Å². The van der Waals surface area contributed by atoms with E-state index < -0.39 is 5.97 Å². The van der Waals surface area contributed by atoms with Gasteiger partial charge in [0.05, 0.1) is 23.9 Å². The van der Waals surface area contributed by atoms with Crippen LogP contribution in [0.4, 0.5) is 5.69 Å². The molecule has 1 aliphatic rings. The minimum atomic E-state index is -1.05. The molecule has 0 unspecified atom stereocenters. The number of ether oxygens (including phenoxy) is 1. The molecule has 3 N–H and O–H groups in total. The Labute approximate surface area is 161 Å². The first kappa shape index (κ1) is 17.6. The number of hydrogen-bond acceptors (Lipinski definition) is 3. The summed E-state index contributed by atoms with van der Waals surface area (Å²) in [4.78, 5) is 27.2. The average molecular weight is 374 g/mol. The quantitative estimate of drug-likeness (QED) is 0.597. The molecule has 1 aliphatic heterocycles. The maximum atomic E-state index is 12.7. The van der Waals surface area contributed by atoms with E-state index in [2.05, 4.69) is 10.3 Å². The number of aromatic nitrogens is 1. The van der Waals surface area contributed by atoms with E-state index in [1.165, 1.54) is 0 Å². The van der Waals surface area contributed by atoms with Gasteiger partial charge < -0.3 is 20.1 Å². The Bertz CT molecular complexity index is 1140. The Kier molecular flexibility index (Phi) is 4.24. The predicted molar refractivity (Wildman–Crippen MR) is 107 cm³/mol. The van der Waals surface area contributed by atoms with Gasteiger partial charge in [0.15, 0.2) is 0 Å². The number of carboxylic acids is 1. The molecule has 2 aromatic carbocycles. The standard InChI is InChI=1S/C22H18N2O4/c1-12-9-16(22(26)27)19(23-12)11-17-20-15(7-4-8-18(20)24-21(17)25)13-5-3-6-14(10-13)28-2/h3-11,23H,1-2H3,(H,24,25)(H,26,27). The van der Waals surface area contributed by atoms with Crippen molar-refractivity contribution in [3.05, 3.63) is 71.0 Å². The summed E-state index contributed by atoms with van der Waals surface area (Å²) in [6.07, 6.45) is 1.60. The molecule has 0 saturated carbocycles. The number of benzene rings is 2. The zero-order valence-electron chi connectivity index (χ0n) is 15.4. The second kappa shape index (κ2) is 6.74. The number of H-pyrrole nitrogens is 1. The van der Waals surface area contributed by atoms with E-state index in [0.29, 0.717) is 28.4 Å². The van der Waals surface area contributed by atoms with Crippen LogP contribution in [-0.2, 0) is 4.79 Å². The lowest BCUT2D eigenvalue weighted by Gasteiger charge is -2.10. The van der Waals surface area contributed by atoms with Crippen molar-refractivity contribution in [2.45, 2.75) is 6.92 Å². The summed E-state index contributed by atoms with van der Waals surface area (Å²) < 4.78 is 5.32. The largest absolute Gasteiger partial charge is 0.497 e. The number of carbonyl (C=O) groups is 2. The number of nitrogens with one attached hydrogen (secondary N) is 2. The number of hydrogen-bond donors (Lipinski definition) is 3. The Morgan fingerprint density at radius 3 is 2.68 bits per heavy atom. The second-order valence-corrected chi connectivity index (χ2v) is 6.56. The summed E-state index contributed by atoms with van der Waals surface area (Å²) in [5.74, 6) is -0.601. The van der Waals surface area contributed by atoms with Gasteiger partial charge >= 0.3 is 5.97 Å². The van der Waals surface area contributed by atoms with Crippen molar-refractivity contribution < 1.29 is 19.4 Å². The first-order chi connectivity index (χ1) is 13.5. The monoisotopic (exact) mass is 374 g/mol. The summed E-state index contributed by atoms with van der Waals surface area (Å²) >= 11 is 0. The zero-order chi connectivity index (χ0) is 19.8. The normalized spacial score (nSPS) is 14.1. The number of aromatic carboxylic acids is 1. The van der Waals surface area contributed by atoms with E-state index in [1.807, 2.05) is 42.5 Å². The Morgan fingerprint density at radius 1 is 1.14 bits per heavy atom. The number of carboxylic acid groups (broad SMARTS) is 1. The highest BCUT2D eigenvalue weighted by molar-refractivity contribution is 6.36. The molecule has 0 spiro atoms. The molecule has 6 nitrogen and oxygen atoms in total. The van der Waals surface area contributed by atoms with Crippen LogP contribution in [0.3, 0.4) is 0 Å². The highest BCUT2D eigenvalue weighted by atomic mass is 16.5. The lowest BCUT2D eigenvalue weighted by atomic mass is 9.94. The molecule has 0 atom stereocenters. The summed E-state index contributed by atoms with van der Waals surface area (Å²) in [6, 6.07) is 14.8. The van der Waals surface area contributed by atoms with Crippen molar-refractivity contribution in [3.8, 4) is 16.9 Å². The molecule has 140 valence electrons. The smallest absolute Gasteiger partial charge is 0.337 e. The van der Waals surface area contributed by atoms with Crippen molar-refractivity contribution in [1.82, 2.24) is 4.98 Å². The average Bonchev–Trinajstić information content (AvgIpc) is 3.21. The number of carbonyl (C=O) groups excluding carboxylic acids is 1. The van der Waals surface area contributed by atoms with E-state index >= 15 is 0 Å². The van der Waals surface area contributed by atoms with Crippen LogP contribution < -0.4 is 10.1 Å². The van der Waals surface area contributed by atoms with Gasteiger partial charge in [-0.3, -0.25) is 4.79 Å². The van der Waals surface area contributed by atoms with Gasteiger partial charge in [-0.2, -0.15) is 0 Å². The van der Waals surface area contributed by atoms with Gasteiger partial charge in [0.2, 0.25) is 0 Å². The van der Waals surface area contributed by atoms with Crippen LogP contribution in [0.5, 0.6) is 5.75 Å². The number of aryl methyl sites for hydroxylation is 1. The van der Waals surface area contributed by atoms with E-state index in [4.69, 9.17) is 4.74 Å². The molecule has 4 rings (SSSR count). The molecule has 6 heteroatoms. The van der Waals surface area contributed by atoms with Gasteiger partial charge in [-0.05, 0) is 48.4 Å². The lowest BCUT2D eigenvalue weighted by molar-refractivity contribution is -0.110. The third-order valence-electron chi connectivity index (χ3n) is 4.71. The van der Waals surface area contributed by atoms with Crippen molar-refractivity contribution in [2.24, 2.45) is 0 Å². The summed E-state index contributed by atoms with van der Waals surface area (Å²) in [7, 11) is 1.60. The minimum absolute atomic E-state index is 0.130. The van der Waals surface area contributed by atoms with Gasteiger partial charge in [-0.25, -0.2) is 4.79 Å². The van der Waals surface area contributed by atoms with Crippen LogP contribution in [0.25, 0.3) is 22.8 Å². The highest BCUT2D eigenvalue weighted by Crippen LogP contribution is 2.41. The highest BCUT2D eigenvalue weighted by Gasteiger charge is 2.28. The number of anilines is 1. The molecular formula is C22H18N2O4. The molecule has 1 aromatic heterocycles. The number of methoxy groups -OCH3 is 1. The molecule has 0 radical (unpaired) electrons. The first-order valence-corrected chi connectivity index (χ1v) is 8.71. The van der Waals surface area contributed by atoms with Crippen LogP contribution in [-0.4, -0.2) is 29.1 Å². The van der Waals surface area contributed by atoms with Gasteiger partial charge in [-0.15, -0.1) is 0 Å². The Balaban J connectivity index is 1.91. The lowest BCUT2D eigenvalue weighted by Crippen LogP contribution is -2.04. The summed E-state index contributed by atoms with van der Waals surface area (Å²) in [5.41, 5.74) is 4.84. The van der Waals surface area contributed by atoms with Crippen molar-refractivity contribution >= 4 is 29.2 Å². The SMILES string of the molecule is COc1cccc(-c2cccc3c2C(=Cc2[nH]c(C)cc2C(=O)O)C(=O)N3)c1. The molecule has 0 fully saturated rings. The first-order valence-electron chi connectivity index (χ1n) is 8.71. The van der Waals surface area contributed by atoms with Crippen LogP contribution in [0.2, 0.25) is 0 Å². The van der Waals surface area contributed by atoms with E-state index in [-0.39, 0.29) is 11.5 Å². The fraction of sp³-hybridized carbons (Fsp3) is 0.0909. The minimum Gasteiger partial charge on any atom is -0.497 e. The molecule has 0 bridgehead atoms. The maximum absolute atomic E-state index is 12.7. The summed E-state index contributed by atoms with van der Waals surface area (Å²) in [6.45, 7) is 1.78. The molecule has 2 heterocycles. The molecule has 1 amide bonds. The fourth-order valence-electron chi connectivity index (χ4n) is 3.46. The van der Waals surface area contributed by atoms with Gasteiger partial charge in [0, 0.05) is 16.9 Å². The number of rotatable bonds is 4. The zero-order valence-corrected chi connectivity index (χ0v) is 15.4. The van der Waals surface area contributed by atoms with Gasteiger partial charge in [0.1, 0.15) is 5.75 Å². The Hall–Kier alpha value is -3.80. The van der Waals surface area contributed by atoms with Crippen molar-refractivity contribution in [2.75, 3.05) is 12.4 Å². The topological polar surface area (TPSA) is 91.4 Å². The van der Waals surface area contributed by atoms with E-state index in [1.54, 1.807) is 26.2 Å². The van der Waals surface area contributed by atoms with E-state index in [0.717, 1.165) is 16.7 Å². The molecule has 0 aliphatic carbocycles. The number of fused-ring (bicyclic) bond motifs is 1. The van der Waals surface area contributed by atoms with Crippen LogP contribution >= 0.6 is 0 Å². The van der Waals surface area contributed by atoms with Crippen LogP contribution in [0.1, 0.15) is 27.3 Å². The second-order valence-electron chi connectivity index (χ2n) is 6.56. The number of aromatic amines is 1. The van der Waals surface area contributed by atoms with Crippen molar-refractivity contribution in [1.29, 1.82) is 0 Å². The van der Waals surface area contributed by atoms with Gasteiger partial charge in [-0.1, -0.05) is 24.3 Å². The molecule has 0 saturated heterocycles. The van der Waals surface area contributed by atoms with E-state index in [9.17, 15) is 14.7 Å². The summed E-state index contributed by atoms with van der Waals surface area (Å²) in [5, 5.41) is 12.3. The van der Waals surface area contributed by atoms with Gasteiger partial charge in [0.25, 0.3) is 5.91 Å². The molecule has 28 heavy (non-hydrogen) atoms. The molecular weight excluding hydrogens is 356 g/mol. The van der Waals surface area contributed by atoms with Crippen LogP contribution in [0.15, 0.2) is 48.5 Å². The third-order valence-corrected chi connectivity index (χ3v) is 4.71. The predicted octanol–water partition coefficient (Wildman–Crippen LogP) is 4.19. The maximum Gasteiger partial charge on any atom is 0.337 e. The fourth-order valence-corrected chi connectivity index (χ4v) is 3.46. The number of amides is 1. The Morgan fingerprint density at radius 2 is 1.93 bits per heavy atom. The van der Waals surface area contributed by atoms with Crippen molar-refractivity contribution in [3.63, 3.8) is 0 Å². The third kappa shape index (κ3) is 2.95.